The van der Waals surface area contributed by atoms with Crippen molar-refractivity contribution in [2.45, 2.75) is 32.8 Å². The molecule has 1 aliphatic rings. The van der Waals surface area contributed by atoms with Gasteiger partial charge in [0.15, 0.2) is 0 Å². The summed E-state index contributed by atoms with van der Waals surface area (Å²) in [5, 5.41) is 0. The summed E-state index contributed by atoms with van der Waals surface area (Å²) in [7, 11) is 0. The largest absolute Gasteiger partial charge is 0.490 e. The van der Waals surface area contributed by atoms with Crippen molar-refractivity contribution in [3.8, 4) is 0 Å². The number of hydrogen-bond donors (Lipinski definition) is 0. The van der Waals surface area contributed by atoms with Crippen LogP contribution in [0.5, 0.6) is 0 Å². The molecule has 0 spiro atoms. The monoisotopic (exact) mass is 196 g/mol. The molecule has 1 aliphatic heterocycles. The van der Waals surface area contributed by atoms with Gasteiger partial charge in [-0.3, -0.25) is 0 Å². The van der Waals surface area contributed by atoms with Gasteiger partial charge in [-0.1, -0.05) is 12.7 Å². The van der Waals surface area contributed by atoms with E-state index < -0.39 is 0 Å². The van der Waals surface area contributed by atoms with Crippen LogP contribution in [0.25, 0.3) is 0 Å². The number of carbonyl (C=O) groups is 1. The number of carbonyl (C=O) groups excluding carboxylic acids is 1. The summed E-state index contributed by atoms with van der Waals surface area (Å²) in [6.45, 7) is 7.58. The van der Waals surface area contributed by atoms with Crippen molar-refractivity contribution < 1.29 is 14.3 Å². The maximum Gasteiger partial charge on any atom is 0.337 e. The van der Waals surface area contributed by atoms with Gasteiger partial charge in [-0.25, -0.2) is 4.79 Å². The van der Waals surface area contributed by atoms with Crippen molar-refractivity contribution in [3.63, 3.8) is 0 Å². The van der Waals surface area contributed by atoms with E-state index >= 15 is 0 Å². The van der Waals surface area contributed by atoms with Gasteiger partial charge in [0.1, 0.15) is 11.9 Å². The Labute approximate surface area is 84.4 Å². The molecule has 1 atom stereocenters. The quantitative estimate of drug-likeness (QED) is 0.394. The van der Waals surface area contributed by atoms with E-state index in [4.69, 9.17) is 9.47 Å². The normalized spacial score (nSPS) is 24.0. The molecule has 0 N–H and O–H groups in total. The van der Waals surface area contributed by atoms with Crippen LogP contribution in [-0.2, 0) is 14.3 Å². The second-order valence-corrected chi connectivity index (χ2v) is 3.20. The lowest BCUT2D eigenvalue weighted by atomic mass is 10.2. The third-order valence-electron chi connectivity index (χ3n) is 2.21. The van der Waals surface area contributed by atoms with E-state index in [0.29, 0.717) is 12.2 Å². The topological polar surface area (TPSA) is 35.5 Å². The third-order valence-corrected chi connectivity index (χ3v) is 2.21. The van der Waals surface area contributed by atoms with Crippen LogP contribution in [0.1, 0.15) is 26.7 Å². The summed E-state index contributed by atoms with van der Waals surface area (Å²) in [4.78, 5) is 11.3. The highest BCUT2D eigenvalue weighted by Gasteiger charge is 2.22. The highest BCUT2D eigenvalue weighted by molar-refractivity contribution is 5.88. The molecule has 0 aromatic heterocycles. The lowest BCUT2D eigenvalue weighted by Crippen LogP contribution is -2.08. The van der Waals surface area contributed by atoms with Gasteiger partial charge in [-0.05, 0) is 20.3 Å². The number of allylic oxidation sites excluding steroid dienone is 1. The minimum atomic E-state index is -0.285. The molecule has 14 heavy (non-hydrogen) atoms. The molecule has 78 valence electrons. The first kappa shape index (κ1) is 10.8. The fourth-order valence-corrected chi connectivity index (χ4v) is 1.37. The van der Waals surface area contributed by atoms with Crippen LogP contribution in [0, 0.1) is 0 Å². The molecule has 0 aromatic rings. The predicted octanol–water partition coefficient (Wildman–Crippen LogP) is 2.19. The van der Waals surface area contributed by atoms with Crippen molar-refractivity contribution in [1.82, 2.24) is 0 Å². The van der Waals surface area contributed by atoms with Crippen LogP contribution in [-0.4, -0.2) is 18.7 Å². The van der Waals surface area contributed by atoms with Gasteiger partial charge in [0.2, 0.25) is 0 Å². The molecular weight excluding hydrogens is 180 g/mol. The van der Waals surface area contributed by atoms with Crippen molar-refractivity contribution in [1.29, 1.82) is 0 Å². The van der Waals surface area contributed by atoms with E-state index in [1.165, 1.54) is 0 Å². The zero-order chi connectivity index (χ0) is 10.6. The van der Waals surface area contributed by atoms with E-state index in [9.17, 15) is 4.79 Å². The van der Waals surface area contributed by atoms with Gasteiger partial charge < -0.3 is 9.47 Å². The Morgan fingerprint density at radius 3 is 3.00 bits per heavy atom. The summed E-state index contributed by atoms with van der Waals surface area (Å²) in [5.41, 5.74) is 0.580. The Morgan fingerprint density at radius 1 is 1.79 bits per heavy atom. The Bertz CT molecular complexity index is 266. The summed E-state index contributed by atoms with van der Waals surface area (Å²) < 4.78 is 10.4. The summed E-state index contributed by atoms with van der Waals surface area (Å²) >= 11 is 0. The number of ether oxygens (including phenoxy) is 2. The number of hydrogen-bond acceptors (Lipinski definition) is 3. The van der Waals surface area contributed by atoms with Gasteiger partial charge >= 0.3 is 5.97 Å². The van der Waals surface area contributed by atoms with Crippen LogP contribution in [0.4, 0.5) is 0 Å². The zero-order valence-electron chi connectivity index (χ0n) is 8.71. The van der Waals surface area contributed by atoms with Crippen molar-refractivity contribution in [2.75, 3.05) is 6.61 Å². The van der Waals surface area contributed by atoms with Crippen LogP contribution in [0.3, 0.4) is 0 Å². The van der Waals surface area contributed by atoms with Gasteiger partial charge in [-0.15, -0.1) is 0 Å². The molecule has 0 bridgehead atoms. The molecule has 1 fully saturated rings. The first-order chi connectivity index (χ1) is 6.69. The molecule has 0 aliphatic carbocycles. The summed E-state index contributed by atoms with van der Waals surface area (Å²) in [6, 6.07) is 0. The second-order valence-electron chi connectivity index (χ2n) is 3.20. The maximum atomic E-state index is 11.3. The van der Waals surface area contributed by atoms with E-state index in [0.717, 1.165) is 18.6 Å². The highest BCUT2D eigenvalue weighted by atomic mass is 16.5. The minimum Gasteiger partial charge on any atom is -0.490 e. The van der Waals surface area contributed by atoms with Crippen molar-refractivity contribution >= 4 is 5.97 Å². The molecule has 1 unspecified atom stereocenters. The molecule has 0 aromatic carbocycles. The SMILES string of the molecule is C=CC1CC/C(=C(\C)C(=O)OCC)O1. The Morgan fingerprint density at radius 2 is 2.50 bits per heavy atom. The Balaban J connectivity index is 2.65. The molecule has 0 saturated carbocycles. The van der Waals surface area contributed by atoms with Gasteiger partial charge in [0.25, 0.3) is 0 Å². The summed E-state index contributed by atoms with van der Waals surface area (Å²) in [6.07, 6.45) is 3.50. The molecule has 1 saturated heterocycles. The number of esters is 1. The van der Waals surface area contributed by atoms with Crippen LogP contribution in [0.15, 0.2) is 24.0 Å². The number of rotatable bonds is 3. The average molecular weight is 196 g/mol. The Kier molecular flexibility index (Phi) is 3.74. The van der Waals surface area contributed by atoms with Gasteiger partial charge in [0, 0.05) is 6.42 Å². The molecule has 3 heteroatoms. The van der Waals surface area contributed by atoms with Crippen LogP contribution >= 0.6 is 0 Å². The first-order valence-electron chi connectivity index (χ1n) is 4.85. The second kappa shape index (κ2) is 4.84. The molecule has 1 rings (SSSR count). The lowest BCUT2D eigenvalue weighted by molar-refractivity contribution is -0.138. The first-order valence-corrected chi connectivity index (χ1v) is 4.85. The van der Waals surface area contributed by atoms with E-state index in [1.54, 1.807) is 19.9 Å². The average Bonchev–Trinajstić information content (AvgIpc) is 2.65. The van der Waals surface area contributed by atoms with Crippen LogP contribution in [0.2, 0.25) is 0 Å². The standard InChI is InChI=1S/C11H16O3/c1-4-9-6-7-10(14-9)8(3)11(12)13-5-2/h4,9H,1,5-7H2,2-3H3/b10-8-. The van der Waals surface area contributed by atoms with Crippen molar-refractivity contribution in [2.24, 2.45) is 0 Å². The predicted molar refractivity (Wildman–Crippen MR) is 53.6 cm³/mol. The molecule has 0 amide bonds. The fourth-order valence-electron chi connectivity index (χ4n) is 1.37. The molecule has 1 heterocycles. The van der Waals surface area contributed by atoms with Gasteiger partial charge in [0.05, 0.1) is 12.2 Å². The molecule has 0 radical (unpaired) electrons. The van der Waals surface area contributed by atoms with E-state index in [-0.39, 0.29) is 12.1 Å². The molecular formula is C11H16O3. The lowest BCUT2D eigenvalue weighted by Gasteiger charge is -2.07. The zero-order valence-corrected chi connectivity index (χ0v) is 8.71. The fraction of sp³-hybridized carbons (Fsp3) is 0.545. The van der Waals surface area contributed by atoms with Gasteiger partial charge in [-0.2, -0.15) is 0 Å². The van der Waals surface area contributed by atoms with E-state index in [1.807, 2.05) is 0 Å². The smallest absolute Gasteiger partial charge is 0.337 e. The highest BCUT2D eigenvalue weighted by Crippen LogP contribution is 2.26. The summed E-state index contributed by atoms with van der Waals surface area (Å²) in [5.74, 6) is 0.459. The maximum absolute atomic E-state index is 11.3. The minimum absolute atomic E-state index is 0.0503. The third kappa shape index (κ3) is 2.37. The Hall–Kier alpha value is -1.25. The molecule has 3 nitrogen and oxygen atoms in total. The van der Waals surface area contributed by atoms with E-state index in [2.05, 4.69) is 6.58 Å². The van der Waals surface area contributed by atoms with Crippen molar-refractivity contribution in [3.05, 3.63) is 24.0 Å². The van der Waals surface area contributed by atoms with Crippen LogP contribution < -0.4 is 0 Å².